The molecule has 0 aliphatic rings. The van der Waals surface area contributed by atoms with Crippen molar-refractivity contribution in [1.82, 2.24) is 15.5 Å². The molecule has 696 valence electrons. The summed E-state index contributed by atoms with van der Waals surface area (Å²) in [7, 11) is 8.27. The van der Waals surface area contributed by atoms with Crippen LogP contribution in [0.25, 0.3) is 55.2 Å². The highest BCUT2D eigenvalue weighted by Crippen LogP contribution is 2.38. The fraction of sp³-hybridized carbons (Fsp3) is 0.225. The summed E-state index contributed by atoms with van der Waals surface area (Å²) in [5.41, 5.74) is 34.3. The summed E-state index contributed by atoms with van der Waals surface area (Å²) < 4.78 is 110. The van der Waals surface area contributed by atoms with Gasteiger partial charge in [0, 0.05) is 97.6 Å². The number of Topliss-reactive ketones (excluding diaryl/α,β-unsaturated/α-hetero) is 2. The van der Waals surface area contributed by atoms with Crippen LogP contribution in [0.1, 0.15) is 128 Å². The number of hydrogen-bond acceptors (Lipinski definition) is 22. The Balaban J connectivity index is 0.000000215. The van der Waals surface area contributed by atoms with E-state index in [1.54, 1.807) is 64.2 Å². The maximum Gasteiger partial charge on any atom is 0.373 e. The Hall–Kier alpha value is -12.1. The monoisotopic (exact) mass is 2260 g/mol. The molecule has 15 rings (SSSR count). The van der Waals surface area contributed by atoms with Crippen molar-refractivity contribution in [2.24, 2.45) is 5.73 Å². The van der Waals surface area contributed by atoms with Crippen LogP contribution in [-0.2, 0) is 58.2 Å². The second-order valence-electron chi connectivity index (χ2n) is 29.7. The number of anilines is 4. The molecule has 3 heterocycles. The van der Waals surface area contributed by atoms with Gasteiger partial charge >= 0.3 is 12.3 Å². The molecule has 0 atom stereocenters. The van der Waals surface area contributed by atoms with E-state index in [1.165, 1.54) is 52.9 Å². The molecular weight excluding hydrogens is 2160 g/mol. The number of hydrogen-bond donors (Lipinski definition) is 5. The first-order valence-electron chi connectivity index (χ1n) is 41.2. The molecule has 0 aliphatic carbocycles. The maximum absolute atomic E-state index is 14.0. The lowest BCUT2D eigenvalue weighted by atomic mass is 10.00. The van der Waals surface area contributed by atoms with E-state index in [-0.39, 0.29) is 23.6 Å². The second kappa shape index (κ2) is 54.2. The summed E-state index contributed by atoms with van der Waals surface area (Å²) in [6.45, 7) is 21.1. The van der Waals surface area contributed by atoms with Gasteiger partial charge < -0.3 is 64.7 Å². The Bertz CT molecular complexity index is 6440. The number of nitrogens with one attached hydrogen (secondary N) is 3. The SMILES string of the molecule is CC(=O)c1c(F)cc(I)cc1F.CCCc1ccc(-c2cc(N)c3c(C)noc3c2)cc1.CCCc1ccc(-c2cc(NCc3ccc(C)cc3OC)c3c(C)noc3c2)cc1.COc1cc(C)ccc1CNc1cc(I)cc(F)c1C(C)=O.COc1cc(C)ccc1CNc1cc(I)cc2onc(C)c12.COc1ccc(CN)c(OC)c1.Fc1cc(F)cc(I)c1.O=C=O.O=C=O. The van der Waals surface area contributed by atoms with Gasteiger partial charge in [0.1, 0.15) is 57.8 Å². The van der Waals surface area contributed by atoms with Crippen LogP contribution in [0.15, 0.2) is 214 Å². The standard InChI is InChI=1S/C26H28N2O2.C17H17FINO2.C17H17IN2O2.C17H18N2O.C9H13NO2.C8H5F2IO.C6H3F2I.2CO2/c1-5-6-19-8-11-20(12-9-19)22-14-23(26-18(3)28-30-25(26)15-22)27-16-21-10-7-17(2)13-24(21)29-4;1-10-4-5-12(16(6-10)22-3)9-20-15-8-13(19)7-14(18)17(15)11(2)21;1-10-4-5-12(15(6-10)21-3)9-19-14-7-13(18)8-16-17(14)11(2)20-22-16;1-3-4-12-5-7-13(8-6-12)14-9-15(18)17-11(2)19-20-16(17)10-14;1-11-8-4-3-7(6-10)9(5-8)12-2;1-4(12)8-6(9)2-5(11)3-7(8)10;7-4-1-5(8)3-6(9)2-4;2*2-1-3/h7-15,27H,5-6,16H2,1-4H3;4-8,20H,9H2,1-3H3;4-8,19H,9H2,1-3H3;5-10H,3-4,18H2,1-2H3;3-5H,6,10H2,1-2H3;2-3H,1H3;1-3H;;. The van der Waals surface area contributed by atoms with Crippen molar-refractivity contribution in [3.63, 3.8) is 0 Å². The van der Waals surface area contributed by atoms with Crippen LogP contribution in [0.2, 0.25) is 0 Å². The van der Waals surface area contributed by atoms with E-state index in [0.717, 1.165) is 193 Å². The van der Waals surface area contributed by atoms with Gasteiger partial charge in [0.05, 0.1) is 79.9 Å². The molecule has 0 saturated carbocycles. The number of aryl methyl sites for hydroxylation is 8. The maximum atomic E-state index is 14.0. The van der Waals surface area contributed by atoms with E-state index >= 15 is 0 Å². The van der Waals surface area contributed by atoms with Crippen LogP contribution in [-0.4, -0.2) is 74.9 Å². The number of ether oxygens (including phenoxy) is 5. The number of nitrogens with zero attached hydrogens (tertiary/aromatic N) is 3. The lowest BCUT2D eigenvalue weighted by molar-refractivity contribution is -0.193. The van der Waals surface area contributed by atoms with Crippen LogP contribution < -0.4 is 51.1 Å². The molecule has 22 nitrogen and oxygen atoms in total. The van der Waals surface area contributed by atoms with Crippen LogP contribution in [0.3, 0.4) is 0 Å². The number of methoxy groups -OCH3 is 5. The number of ketones is 2. The zero-order valence-electron chi connectivity index (χ0n) is 75.8. The number of carbonyl (C=O) groups is 2. The molecule has 7 N–H and O–H groups in total. The van der Waals surface area contributed by atoms with Gasteiger partial charge in [-0.3, -0.25) is 9.59 Å². The summed E-state index contributed by atoms with van der Waals surface area (Å²) in [6.07, 6.45) is 5.03. The lowest BCUT2D eigenvalue weighted by Gasteiger charge is -2.14. The summed E-state index contributed by atoms with van der Waals surface area (Å²) in [4.78, 5) is 54.9. The molecule has 0 radical (unpaired) electrons. The molecule has 0 amide bonds. The highest BCUT2D eigenvalue weighted by Gasteiger charge is 2.20. The molecule has 0 unspecified atom stereocenters. The van der Waals surface area contributed by atoms with Crippen molar-refractivity contribution in [3.05, 3.63) is 322 Å². The molecule has 0 spiro atoms. The van der Waals surface area contributed by atoms with Crippen molar-refractivity contribution in [3.8, 4) is 51.0 Å². The summed E-state index contributed by atoms with van der Waals surface area (Å²) >= 11 is 7.94. The van der Waals surface area contributed by atoms with Crippen molar-refractivity contribution >= 4 is 170 Å². The second-order valence-corrected chi connectivity index (χ2v) is 34.7. The molecule has 3 aromatic heterocycles. The zero-order chi connectivity index (χ0) is 97.7. The van der Waals surface area contributed by atoms with Gasteiger partial charge in [-0.2, -0.15) is 19.2 Å². The van der Waals surface area contributed by atoms with Gasteiger partial charge in [0.2, 0.25) is 0 Å². The molecular formula is C102H101F5I4N8O14. The minimum absolute atomic E-state index is 0.0893. The number of nitrogen functional groups attached to an aromatic ring is 1. The van der Waals surface area contributed by atoms with Gasteiger partial charge in [-0.15, -0.1) is 0 Å². The lowest BCUT2D eigenvalue weighted by Crippen LogP contribution is -2.08. The average Bonchev–Trinajstić information content (AvgIpc) is 1.70. The number of fused-ring (bicyclic) bond motifs is 3. The van der Waals surface area contributed by atoms with Gasteiger partial charge in [-0.1, -0.05) is 133 Å². The van der Waals surface area contributed by atoms with Crippen LogP contribution in [0.5, 0.6) is 28.7 Å². The molecule has 12 aromatic carbocycles. The molecule has 0 aliphatic heterocycles. The Morgan fingerprint density at radius 1 is 0.383 bits per heavy atom. The third-order valence-corrected chi connectivity index (χ3v) is 22.4. The Morgan fingerprint density at radius 2 is 0.722 bits per heavy atom. The highest BCUT2D eigenvalue weighted by atomic mass is 127. The van der Waals surface area contributed by atoms with E-state index in [4.69, 9.17) is 67.9 Å². The van der Waals surface area contributed by atoms with Gasteiger partial charge in [0.15, 0.2) is 28.3 Å². The number of benzene rings is 12. The average molecular weight is 2270 g/mol. The summed E-state index contributed by atoms with van der Waals surface area (Å²) in [6, 6.07) is 62.5. The van der Waals surface area contributed by atoms with Gasteiger partial charge in [-0.25, -0.2) is 22.0 Å². The van der Waals surface area contributed by atoms with E-state index in [2.05, 4.69) is 179 Å². The largest absolute Gasteiger partial charge is 0.497 e. The molecule has 133 heavy (non-hydrogen) atoms. The van der Waals surface area contributed by atoms with Crippen molar-refractivity contribution in [2.45, 2.75) is 121 Å². The first-order valence-corrected chi connectivity index (χ1v) is 45.5. The molecule has 0 saturated heterocycles. The normalized spacial score (nSPS) is 10.2. The molecule has 0 bridgehead atoms. The third-order valence-electron chi connectivity index (χ3n) is 19.9. The van der Waals surface area contributed by atoms with E-state index < -0.39 is 40.4 Å². The Morgan fingerprint density at radius 3 is 1.11 bits per heavy atom. The minimum Gasteiger partial charge on any atom is -0.497 e. The Labute approximate surface area is 823 Å². The quantitative estimate of drug-likeness (QED) is 0.0172. The minimum atomic E-state index is -0.799. The first-order chi connectivity index (χ1) is 63.6. The van der Waals surface area contributed by atoms with Crippen molar-refractivity contribution < 1.29 is 88.0 Å². The summed E-state index contributed by atoms with van der Waals surface area (Å²) in [5, 5.41) is 25.4. The molecule has 15 aromatic rings. The van der Waals surface area contributed by atoms with Crippen LogP contribution >= 0.6 is 90.4 Å². The zero-order valence-corrected chi connectivity index (χ0v) is 84.5. The number of nitrogens with two attached hydrogens (primary N) is 2. The number of halogens is 9. The smallest absolute Gasteiger partial charge is 0.373 e. The summed E-state index contributed by atoms with van der Waals surface area (Å²) in [5.74, 6) is 0.0628. The predicted octanol–water partition coefficient (Wildman–Crippen LogP) is 25.6. The van der Waals surface area contributed by atoms with Gasteiger partial charge in [-0.05, 0) is 306 Å². The number of carbonyl (C=O) groups excluding carboxylic acids is 6. The van der Waals surface area contributed by atoms with Crippen molar-refractivity contribution in [1.29, 1.82) is 0 Å². The van der Waals surface area contributed by atoms with E-state index in [9.17, 15) is 31.5 Å². The number of aromatic nitrogens is 3. The third kappa shape index (κ3) is 32.1. The van der Waals surface area contributed by atoms with Gasteiger partial charge in [0.25, 0.3) is 0 Å². The fourth-order valence-corrected chi connectivity index (χ4v) is 16.0. The topological polar surface area (TPSA) is 315 Å². The predicted molar refractivity (Wildman–Crippen MR) is 542 cm³/mol. The molecule has 0 fully saturated rings. The number of rotatable bonds is 23. The first kappa shape index (κ1) is 108. The van der Waals surface area contributed by atoms with Crippen LogP contribution in [0.4, 0.5) is 44.7 Å². The van der Waals surface area contributed by atoms with Crippen LogP contribution in [0, 0.1) is 84.9 Å². The Kier molecular flexibility index (Phi) is 43.9. The van der Waals surface area contributed by atoms with Crippen molar-refractivity contribution in [2.75, 3.05) is 57.2 Å². The highest BCUT2D eigenvalue weighted by molar-refractivity contribution is 14.1. The fourth-order valence-electron chi connectivity index (χ4n) is 13.6. The van der Waals surface area contributed by atoms with E-state index in [0.29, 0.717) is 44.7 Å². The van der Waals surface area contributed by atoms with E-state index in [1.807, 2.05) is 134 Å². The molecule has 31 heteroatoms.